The summed E-state index contributed by atoms with van der Waals surface area (Å²) in [6.45, 7) is 2.96. The third-order valence-corrected chi connectivity index (χ3v) is 5.76. The maximum atomic E-state index is 12.7. The van der Waals surface area contributed by atoms with Crippen molar-refractivity contribution in [2.45, 2.75) is 64.5 Å². The van der Waals surface area contributed by atoms with Gasteiger partial charge in [0, 0.05) is 24.6 Å². The molecule has 1 aliphatic carbocycles. The molecule has 1 aromatic heterocycles. The Hall–Kier alpha value is -2.17. The highest BCUT2D eigenvalue weighted by Gasteiger charge is 2.23. The molecule has 1 aromatic carbocycles. The van der Waals surface area contributed by atoms with E-state index in [0.29, 0.717) is 22.4 Å². The summed E-state index contributed by atoms with van der Waals surface area (Å²) >= 11 is 0. The number of amides is 1. The van der Waals surface area contributed by atoms with Gasteiger partial charge in [0.05, 0.1) is 10.9 Å². The number of aromatic nitrogens is 2. The van der Waals surface area contributed by atoms with Crippen molar-refractivity contribution in [3.63, 3.8) is 0 Å². The van der Waals surface area contributed by atoms with Crippen LogP contribution in [-0.2, 0) is 13.0 Å². The highest BCUT2D eigenvalue weighted by molar-refractivity contribution is 5.97. The minimum Gasteiger partial charge on any atom is -0.349 e. The van der Waals surface area contributed by atoms with E-state index in [1.165, 1.54) is 19.3 Å². The molecule has 132 valence electrons. The maximum absolute atomic E-state index is 12.7. The van der Waals surface area contributed by atoms with E-state index in [0.717, 1.165) is 38.1 Å². The van der Waals surface area contributed by atoms with Crippen LogP contribution in [0.3, 0.4) is 0 Å². The molecule has 1 saturated carbocycles. The van der Waals surface area contributed by atoms with E-state index in [-0.39, 0.29) is 17.5 Å². The maximum Gasteiger partial charge on any atom is 0.261 e. The van der Waals surface area contributed by atoms with Crippen molar-refractivity contribution >= 4 is 16.8 Å². The molecule has 2 heterocycles. The molecule has 4 rings (SSSR count). The van der Waals surface area contributed by atoms with Gasteiger partial charge in [-0.05, 0) is 49.8 Å². The summed E-state index contributed by atoms with van der Waals surface area (Å²) in [4.78, 5) is 30.0. The first-order valence-corrected chi connectivity index (χ1v) is 9.48. The Bertz CT molecular complexity index is 871. The van der Waals surface area contributed by atoms with Gasteiger partial charge in [-0.2, -0.15) is 0 Å². The van der Waals surface area contributed by atoms with Gasteiger partial charge in [0.1, 0.15) is 5.82 Å². The average Bonchev–Trinajstić information content (AvgIpc) is 2.63. The molecule has 1 N–H and O–H groups in total. The molecule has 25 heavy (non-hydrogen) atoms. The molecule has 0 bridgehead atoms. The smallest absolute Gasteiger partial charge is 0.261 e. The van der Waals surface area contributed by atoms with Gasteiger partial charge >= 0.3 is 0 Å². The quantitative estimate of drug-likeness (QED) is 0.915. The molecule has 2 aliphatic rings. The van der Waals surface area contributed by atoms with Gasteiger partial charge in [-0.15, -0.1) is 0 Å². The first-order chi connectivity index (χ1) is 12.1. The molecule has 1 fully saturated rings. The Morgan fingerprint density at radius 3 is 2.88 bits per heavy atom. The Morgan fingerprint density at radius 1 is 1.20 bits per heavy atom. The van der Waals surface area contributed by atoms with Gasteiger partial charge in [0.15, 0.2) is 0 Å². The summed E-state index contributed by atoms with van der Waals surface area (Å²) < 4.78 is 1.79. The molecule has 2 atom stereocenters. The number of hydrogen-bond acceptors (Lipinski definition) is 3. The van der Waals surface area contributed by atoms with Crippen molar-refractivity contribution in [3.8, 4) is 0 Å². The summed E-state index contributed by atoms with van der Waals surface area (Å²) in [7, 11) is 0. The van der Waals surface area contributed by atoms with E-state index in [1.54, 1.807) is 22.8 Å². The van der Waals surface area contributed by atoms with E-state index < -0.39 is 0 Å². The normalized spacial score (nSPS) is 23.2. The molecule has 2 aromatic rings. The van der Waals surface area contributed by atoms with Crippen LogP contribution in [-0.4, -0.2) is 21.5 Å². The standard InChI is InChI=1S/C20H25N3O2/c1-13-6-2-3-7-16(13)22-19(24)14-9-10-15-17(12-14)21-18-8-4-5-11-23(18)20(15)25/h9-10,12-13,16H,2-8,11H2,1H3,(H,22,24)/t13-,16-/m1/s1. The zero-order chi connectivity index (χ0) is 17.4. The van der Waals surface area contributed by atoms with Crippen LogP contribution in [0.25, 0.3) is 10.9 Å². The predicted octanol–water partition coefficient (Wildman–Crippen LogP) is 3.04. The molecular weight excluding hydrogens is 314 g/mol. The highest BCUT2D eigenvalue weighted by Crippen LogP contribution is 2.24. The Balaban J connectivity index is 1.64. The van der Waals surface area contributed by atoms with Crippen LogP contribution in [0, 0.1) is 5.92 Å². The Morgan fingerprint density at radius 2 is 2.04 bits per heavy atom. The lowest BCUT2D eigenvalue weighted by Crippen LogP contribution is -2.41. The van der Waals surface area contributed by atoms with Gasteiger partial charge in [0.2, 0.25) is 0 Å². The number of nitrogens with one attached hydrogen (secondary N) is 1. The summed E-state index contributed by atoms with van der Waals surface area (Å²) in [5, 5.41) is 3.78. The van der Waals surface area contributed by atoms with Crippen LogP contribution in [0.5, 0.6) is 0 Å². The number of aryl methyl sites for hydroxylation is 1. The predicted molar refractivity (Wildman–Crippen MR) is 97.8 cm³/mol. The van der Waals surface area contributed by atoms with Crippen LogP contribution in [0.2, 0.25) is 0 Å². The van der Waals surface area contributed by atoms with Gasteiger partial charge in [0.25, 0.3) is 11.5 Å². The summed E-state index contributed by atoms with van der Waals surface area (Å²) in [6, 6.07) is 5.53. The zero-order valence-corrected chi connectivity index (χ0v) is 14.8. The van der Waals surface area contributed by atoms with Crippen LogP contribution >= 0.6 is 0 Å². The fourth-order valence-electron chi connectivity index (χ4n) is 4.17. The highest BCUT2D eigenvalue weighted by atomic mass is 16.1. The van der Waals surface area contributed by atoms with Crippen LogP contribution in [0.4, 0.5) is 0 Å². The molecule has 0 unspecified atom stereocenters. The summed E-state index contributed by atoms with van der Waals surface area (Å²) in [5.74, 6) is 1.32. The third-order valence-electron chi connectivity index (χ3n) is 5.76. The lowest BCUT2D eigenvalue weighted by molar-refractivity contribution is 0.0910. The fraction of sp³-hybridized carbons (Fsp3) is 0.550. The largest absolute Gasteiger partial charge is 0.349 e. The number of nitrogens with zero attached hydrogens (tertiary/aromatic N) is 2. The van der Waals surface area contributed by atoms with Crippen molar-refractivity contribution in [1.82, 2.24) is 14.9 Å². The Labute approximate surface area is 147 Å². The lowest BCUT2D eigenvalue weighted by Gasteiger charge is -2.29. The molecule has 0 saturated heterocycles. The molecule has 5 nitrogen and oxygen atoms in total. The van der Waals surface area contributed by atoms with Crippen LogP contribution in [0.1, 0.15) is 61.6 Å². The SMILES string of the molecule is C[C@@H]1CCCC[C@H]1NC(=O)c1ccc2c(=O)n3c(nc2c1)CCCC3. The number of benzene rings is 1. The number of rotatable bonds is 2. The van der Waals surface area contributed by atoms with E-state index >= 15 is 0 Å². The number of carbonyl (C=O) groups is 1. The minimum absolute atomic E-state index is 0.0209. The van der Waals surface area contributed by atoms with Crippen molar-refractivity contribution in [2.75, 3.05) is 0 Å². The lowest BCUT2D eigenvalue weighted by atomic mass is 9.86. The van der Waals surface area contributed by atoms with Crippen molar-refractivity contribution < 1.29 is 4.79 Å². The second-order valence-electron chi connectivity index (χ2n) is 7.52. The van der Waals surface area contributed by atoms with Gasteiger partial charge in [-0.25, -0.2) is 4.98 Å². The van der Waals surface area contributed by atoms with Crippen LogP contribution < -0.4 is 10.9 Å². The minimum atomic E-state index is -0.0553. The van der Waals surface area contributed by atoms with E-state index in [9.17, 15) is 9.59 Å². The van der Waals surface area contributed by atoms with Gasteiger partial charge in [-0.1, -0.05) is 19.8 Å². The molecule has 1 amide bonds. The number of fused-ring (bicyclic) bond motifs is 2. The molecule has 1 aliphatic heterocycles. The first kappa shape index (κ1) is 16.3. The summed E-state index contributed by atoms with van der Waals surface area (Å²) in [6.07, 6.45) is 7.58. The molecule has 0 radical (unpaired) electrons. The second kappa shape index (κ2) is 6.62. The summed E-state index contributed by atoms with van der Waals surface area (Å²) in [5.41, 5.74) is 1.26. The number of carbonyl (C=O) groups excluding carboxylic acids is 1. The number of hydrogen-bond donors (Lipinski definition) is 1. The van der Waals surface area contributed by atoms with Crippen molar-refractivity contribution in [2.24, 2.45) is 5.92 Å². The fourth-order valence-corrected chi connectivity index (χ4v) is 4.17. The zero-order valence-electron chi connectivity index (χ0n) is 14.8. The van der Waals surface area contributed by atoms with Crippen molar-refractivity contribution in [1.29, 1.82) is 0 Å². The van der Waals surface area contributed by atoms with Crippen LogP contribution in [0.15, 0.2) is 23.0 Å². The second-order valence-corrected chi connectivity index (χ2v) is 7.52. The molecule has 5 heteroatoms. The van der Waals surface area contributed by atoms with Crippen molar-refractivity contribution in [3.05, 3.63) is 39.9 Å². The Kier molecular flexibility index (Phi) is 4.32. The molecule has 0 spiro atoms. The third kappa shape index (κ3) is 3.08. The van der Waals surface area contributed by atoms with Gasteiger partial charge < -0.3 is 5.32 Å². The first-order valence-electron chi connectivity index (χ1n) is 9.48. The monoisotopic (exact) mass is 339 g/mol. The van der Waals surface area contributed by atoms with E-state index in [1.807, 2.05) is 0 Å². The van der Waals surface area contributed by atoms with E-state index in [4.69, 9.17) is 0 Å². The average molecular weight is 339 g/mol. The van der Waals surface area contributed by atoms with E-state index in [2.05, 4.69) is 17.2 Å². The topological polar surface area (TPSA) is 64.0 Å². The molecular formula is C20H25N3O2. The van der Waals surface area contributed by atoms with Gasteiger partial charge in [-0.3, -0.25) is 14.2 Å².